The van der Waals surface area contributed by atoms with Crippen LogP contribution in [0.3, 0.4) is 0 Å². The number of carbonyl (C=O) groups is 4. The van der Waals surface area contributed by atoms with Crippen molar-refractivity contribution in [3.8, 4) is 11.1 Å². The van der Waals surface area contributed by atoms with Crippen LogP contribution in [0, 0.1) is 0 Å². The summed E-state index contributed by atoms with van der Waals surface area (Å²) in [6, 6.07) is 25.3. The van der Waals surface area contributed by atoms with Crippen LogP contribution >= 0.6 is 0 Å². The molecule has 0 bridgehead atoms. The van der Waals surface area contributed by atoms with Gasteiger partial charge in [-0.05, 0) is 81.8 Å². The molecule has 2 N–H and O–H groups in total. The minimum absolute atomic E-state index is 0.0232. The molecule has 1 saturated heterocycles. The van der Waals surface area contributed by atoms with E-state index in [0.717, 1.165) is 80.8 Å². The molecule has 0 atom stereocenters. The third-order valence-electron chi connectivity index (χ3n) is 10.2. The smallest absolute Gasteiger partial charge is 0.411 e. The number of nitrogens with one attached hydrogen (secondary N) is 2. The number of methoxy groups -OCH3 is 1. The SMILES string of the molecule is COCC(=O)N(C)CCCN(C(=O)c1ccc(NCCCCCC(=O)N(C)CCN2CCC(OC(=O)Nc3ccccc3-c3ccccc3)CC2)cc1)C(C)C. The van der Waals surface area contributed by atoms with Gasteiger partial charge in [-0.2, -0.15) is 0 Å². The first-order chi connectivity index (χ1) is 27.0. The van der Waals surface area contributed by atoms with Crippen molar-refractivity contribution in [2.24, 2.45) is 0 Å². The lowest BCUT2D eigenvalue weighted by Crippen LogP contribution is -2.42. The van der Waals surface area contributed by atoms with Crippen molar-refractivity contribution in [3.05, 3.63) is 84.4 Å². The van der Waals surface area contributed by atoms with Crippen LogP contribution in [0.15, 0.2) is 78.9 Å². The van der Waals surface area contributed by atoms with Gasteiger partial charge in [0.2, 0.25) is 11.8 Å². The second-order valence-corrected chi connectivity index (χ2v) is 14.8. The fourth-order valence-electron chi connectivity index (χ4n) is 6.75. The molecular weight excluding hydrogens is 709 g/mol. The number of ether oxygens (including phenoxy) is 2. The molecule has 0 aliphatic carbocycles. The molecule has 12 heteroatoms. The Balaban J connectivity index is 1.05. The number of likely N-dealkylation sites (N-methyl/N-ethyl adjacent to an activating group) is 2. The van der Waals surface area contributed by atoms with Crippen LogP contribution in [0.2, 0.25) is 0 Å². The van der Waals surface area contributed by atoms with Crippen LogP contribution < -0.4 is 10.6 Å². The molecule has 12 nitrogen and oxygen atoms in total. The number of hydrogen-bond donors (Lipinski definition) is 2. The molecule has 4 amide bonds. The van der Waals surface area contributed by atoms with Gasteiger partial charge in [-0.25, -0.2) is 4.79 Å². The first-order valence-corrected chi connectivity index (χ1v) is 20.0. The van der Waals surface area contributed by atoms with E-state index in [2.05, 4.69) is 15.5 Å². The Kier molecular flexibility index (Phi) is 18.1. The minimum atomic E-state index is -0.435. The number of hydrogen-bond acceptors (Lipinski definition) is 8. The molecule has 1 aliphatic rings. The van der Waals surface area contributed by atoms with Crippen LogP contribution in [0.5, 0.6) is 0 Å². The zero-order valence-corrected chi connectivity index (χ0v) is 34.0. The van der Waals surface area contributed by atoms with Crippen molar-refractivity contribution in [2.45, 2.75) is 70.9 Å². The summed E-state index contributed by atoms with van der Waals surface area (Å²) in [5, 5.41) is 6.36. The lowest BCUT2D eigenvalue weighted by atomic mass is 10.0. The quantitative estimate of drug-likeness (QED) is 0.113. The summed E-state index contributed by atoms with van der Waals surface area (Å²) < 4.78 is 10.7. The van der Waals surface area contributed by atoms with Crippen LogP contribution in [-0.4, -0.2) is 129 Å². The average molecular weight is 771 g/mol. The van der Waals surface area contributed by atoms with E-state index >= 15 is 0 Å². The highest BCUT2D eigenvalue weighted by Gasteiger charge is 2.24. The summed E-state index contributed by atoms with van der Waals surface area (Å²) in [7, 11) is 5.12. The molecule has 0 radical (unpaired) electrons. The maximum absolute atomic E-state index is 13.3. The van der Waals surface area contributed by atoms with Crippen molar-refractivity contribution < 1.29 is 28.7 Å². The van der Waals surface area contributed by atoms with Crippen molar-refractivity contribution in [3.63, 3.8) is 0 Å². The lowest BCUT2D eigenvalue weighted by Gasteiger charge is -2.32. The fraction of sp³-hybridized carbons (Fsp3) is 0.500. The van der Waals surface area contributed by atoms with Crippen molar-refractivity contribution >= 4 is 35.2 Å². The summed E-state index contributed by atoms with van der Waals surface area (Å²) in [6.45, 7) is 9.06. The molecular formula is C44H62N6O6. The lowest BCUT2D eigenvalue weighted by molar-refractivity contribution is -0.134. The van der Waals surface area contributed by atoms with Crippen molar-refractivity contribution in [1.29, 1.82) is 0 Å². The van der Waals surface area contributed by atoms with Crippen LogP contribution in [0.25, 0.3) is 11.1 Å². The Bertz CT molecular complexity index is 1660. The summed E-state index contributed by atoms with van der Waals surface area (Å²) in [5.74, 6) is 0.0595. The second kappa shape index (κ2) is 23.2. The number of para-hydroxylation sites is 1. The minimum Gasteiger partial charge on any atom is -0.446 e. The van der Waals surface area contributed by atoms with E-state index in [1.807, 2.05) is 110 Å². The van der Waals surface area contributed by atoms with Gasteiger partial charge >= 0.3 is 6.09 Å². The first kappa shape index (κ1) is 43.8. The molecule has 0 unspecified atom stereocenters. The molecule has 0 spiro atoms. The number of likely N-dealkylation sites (tertiary alicyclic amines) is 1. The molecule has 1 aliphatic heterocycles. The van der Waals surface area contributed by atoms with E-state index < -0.39 is 6.09 Å². The normalized spacial score (nSPS) is 13.2. The molecule has 3 aromatic carbocycles. The third-order valence-corrected chi connectivity index (χ3v) is 10.2. The van der Waals surface area contributed by atoms with Crippen LogP contribution in [-0.2, 0) is 19.1 Å². The Labute approximate surface area is 333 Å². The summed E-state index contributed by atoms with van der Waals surface area (Å²) >= 11 is 0. The van der Waals surface area contributed by atoms with Gasteiger partial charge in [0.05, 0.1) is 5.69 Å². The average Bonchev–Trinajstić information content (AvgIpc) is 3.20. The maximum Gasteiger partial charge on any atom is 0.411 e. The number of anilines is 2. The summed E-state index contributed by atoms with van der Waals surface area (Å²) in [4.78, 5) is 58.4. The van der Waals surface area contributed by atoms with Gasteiger partial charge in [-0.15, -0.1) is 0 Å². The predicted octanol–water partition coefficient (Wildman–Crippen LogP) is 6.84. The Hall–Kier alpha value is -4.94. The van der Waals surface area contributed by atoms with E-state index in [9.17, 15) is 19.2 Å². The molecule has 3 aromatic rings. The number of carbonyl (C=O) groups excluding carboxylic acids is 4. The standard InChI is InChI=1S/C44H62N6O6/c1-34(2)50(28-14-27-47(3)42(52)33-55-5)43(53)36-20-22-37(23-21-36)45-26-13-7-10-19-41(51)48(4)31-32-49-29-24-38(25-30-49)56-44(54)46-40-18-12-11-17-39(40)35-15-8-6-9-16-35/h6,8-9,11-12,15-18,20-23,34,38,45H,7,10,13-14,19,24-33H2,1-5H3,(H,46,54). The molecule has 56 heavy (non-hydrogen) atoms. The summed E-state index contributed by atoms with van der Waals surface area (Å²) in [6.07, 6.45) is 4.88. The Morgan fingerprint density at radius 3 is 2.16 bits per heavy atom. The number of nitrogens with zero attached hydrogens (tertiary/aromatic N) is 4. The second-order valence-electron chi connectivity index (χ2n) is 14.8. The highest BCUT2D eigenvalue weighted by Crippen LogP contribution is 2.28. The number of amides is 4. The first-order valence-electron chi connectivity index (χ1n) is 20.0. The zero-order valence-electron chi connectivity index (χ0n) is 34.0. The van der Waals surface area contributed by atoms with E-state index in [4.69, 9.17) is 9.47 Å². The van der Waals surface area contributed by atoms with E-state index in [0.29, 0.717) is 38.0 Å². The highest BCUT2D eigenvalue weighted by atomic mass is 16.6. The number of rotatable bonds is 21. The predicted molar refractivity (Wildman–Crippen MR) is 223 cm³/mol. The van der Waals surface area contributed by atoms with Gasteiger partial charge in [-0.1, -0.05) is 55.0 Å². The van der Waals surface area contributed by atoms with Gasteiger partial charge in [-0.3, -0.25) is 19.7 Å². The van der Waals surface area contributed by atoms with Gasteiger partial charge < -0.3 is 34.4 Å². The largest absolute Gasteiger partial charge is 0.446 e. The van der Waals surface area contributed by atoms with Crippen molar-refractivity contribution in [1.82, 2.24) is 19.6 Å². The van der Waals surface area contributed by atoms with E-state index in [-0.39, 0.29) is 36.5 Å². The number of benzene rings is 3. The zero-order chi connectivity index (χ0) is 40.3. The van der Waals surface area contributed by atoms with Gasteiger partial charge in [0.1, 0.15) is 12.7 Å². The topological polar surface area (TPSA) is 124 Å². The maximum atomic E-state index is 13.3. The molecule has 304 valence electrons. The van der Waals surface area contributed by atoms with E-state index in [1.54, 1.807) is 11.9 Å². The van der Waals surface area contributed by atoms with E-state index in [1.165, 1.54) is 7.11 Å². The molecule has 1 heterocycles. The van der Waals surface area contributed by atoms with Crippen LogP contribution in [0.1, 0.15) is 69.2 Å². The van der Waals surface area contributed by atoms with Crippen LogP contribution in [0.4, 0.5) is 16.2 Å². The van der Waals surface area contributed by atoms with Gasteiger partial charge in [0.15, 0.2) is 0 Å². The monoisotopic (exact) mass is 770 g/mol. The molecule has 1 fully saturated rings. The Morgan fingerprint density at radius 1 is 0.786 bits per heavy atom. The van der Waals surface area contributed by atoms with Gasteiger partial charge in [0, 0.05) is 96.3 Å². The number of unbranched alkanes of at least 4 members (excludes halogenated alkanes) is 2. The number of piperidine rings is 1. The fourth-order valence-corrected chi connectivity index (χ4v) is 6.75. The molecule has 0 saturated carbocycles. The third kappa shape index (κ3) is 14.3. The molecule has 0 aromatic heterocycles. The Morgan fingerprint density at radius 2 is 1.46 bits per heavy atom. The van der Waals surface area contributed by atoms with Gasteiger partial charge in [0.25, 0.3) is 5.91 Å². The summed E-state index contributed by atoms with van der Waals surface area (Å²) in [5.41, 5.74) is 4.30. The van der Waals surface area contributed by atoms with Crippen molar-refractivity contribution in [2.75, 3.05) is 84.3 Å². The molecule has 4 rings (SSSR count). The highest BCUT2D eigenvalue weighted by molar-refractivity contribution is 5.95.